The first-order chi connectivity index (χ1) is 27.2. The van der Waals surface area contributed by atoms with Gasteiger partial charge in [-0.1, -0.05) is 35.3 Å². The van der Waals surface area contributed by atoms with E-state index >= 15 is 0 Å². The molecule has 1 saturated heterocycles. The summed E-state index contributed by atoms with van der Waals surface area (Å²) in [5, 5.41) is 13.7. The monoisotopic (exact) mass is 808 g/mol. The molecule has 1 saturated carbocycles. The van der Waals surface area contributed by atoms with Gasteiger partial charge in [-0.2, -0.15) is 5.10 Å². The van der Waals surface area contributed by atoms with E-state index in [0.717, 1.165) is 55.6 Å². The lowest BCUT2D eigenvalue weighted by Gasteiger charge is -2.19. The van der Waals surface area contributed by atoms with E-state index in [2.05, 4.69) is 40.9 Å². The van der Waals surface area contributed by atoms with E-state index < -0.39 is 12.1 Å². The number of hydrogen-bond acceptors (Lipinski definition) is 12. The Kier molecular flexibility index (Phi) is 13.0. The lowest BCUT2D eigenvalue weighted by molar-refractivity contribution is -0.123. The number of nitrogens with two attached hydrogens (primary N) is 2. The number of rotatable bonds is 19. The molecule has 2 fully saturated rings. The molecule has 0 unspecified atom stereocenters. The van der Waals surface area contributed by atoms with Crippen LogP contribution in [0.2, 0.25) is 10.2 Å². The van der Waals surface area contributed by atoms with Crippen molar-refractivity contribution in [1.29, 1.82) is 0 Å². The Morgan fingerprint density at radius 1 is 0.946 bits per heavy atom. The highest BCUT2D eigenvalue weighted by molar-refractivity contribution is 6.31. The number of para-hydroxylation sites is 2. The van der Waals surface area contributed by atoms with E-state index in [1.54, 1.807) is 22.8 Å². The third-order valence-electron chi connectivity index (χ3n) is 9.70. The van der Waals surface area contributed by atoms with E-state index in [0.29, 0.717) is 72.4 Å². The van der Waals surface area contributed by atoms with Crippen LogP contribution in [-0.2, 0) is 20.8 Å². The number of urea groups is 1. The van der Waals surface area contributed by atoms with Gasteiger partial charge in [0.05, 0.1) is 66.1 Å². The quantitative estimate of drug-likeness (QED) is 0.0739. The van der Waals surface area contributed by atoms with Crippen LogP contribution in [0.4, 0.5) is 22.1 Å². The number of aromatic nitrogens is 6. The third kappa shape index (κ3) is 10.1. The number of benzene rings is 1. The molecule has 0 spiro atoms. The number of fused-ring (bicyclic) bond motifs is 2. The minimum absolute atomic E-state index is 0.0560. The summed E-state index contributed by atoms with van der Waals surface area (Å²) in [4.78, 5) is 41.1. The number of carbonyl (C=O) groups excluding carboxylic acids is 2. The number of nitrogen functional groups attached to an aromatic ring is 1. The number of hydrogen-bond donors (Lipinski definition) is 5. The SMILES string of the molecule is Nc1nc2ccccc2n1CCC[C@H](N)C(=O)N[C@@H]1CCN(CCOCCOCCOc2ncc(Cl)cc2NC(=O)Nc2cnc3cc(Cl)nn3c2C2CC2)C1. The molecular formula is C37H46Cl2N12O5. The number of likely N-dealkylation sites (tertiary alicyclic amines) is 1. The minimum Gasteiger partial charge on any atom is -0.474 e. The number of anilines is 3. The van der Waals surface area contributed by atoms with Gasteiger partial charge in [0, 0.05) is 50.4 Å². The molecule has 298 valence electrons. The van der Waals surface area contributed by atoms with Crippen molar-refractivity contribution in [2.24, 2.45) is 5.73 Å². The molecule has 7 rings (SSSR count). The first-order valence-corrected chi connectivity index (χ1v) is 19.5. The predicted octanol–water partition coefficient (Wildman–Crippen LogP) is 4.29. The fourth-order valence-electron chi connectivity index (χ4n) is 6.78. The number of carbonyl (C=O) groups is 2. The average Bonchev–Trinajstić information content (AvgIpc) is 3.66. The van der Waals surface area contributed by atoms with Crippen molar-refractivity contribution in [2.45, 2.75) is 56.7 Å². The molecule has 1 aromatic carbocycles. The number of amides is 3. The summed E-state index contributed by atoms with van der Waals surface area (Å²) in [6, 6.07) is 9.99. The molecule has 4 aromatic heterocycles. The van der Waals surface area contributed by atoms with Gasteiger partial charge in [-0.3, -0.25) is 9.69 Å². The van der Waals surface area contributed by atoms with Gasteiger partial charge in [0.1, 0.15) is 12.3 Å². The standard InChI is InChI=1S/C37H46Cl2N12O5/c38-24-18-28(46-37(53)47-29-21-42-32-19-31(39)48-51(32)33(29)23-7-8-23)35(43-20-24)56-17-16-55-15-14-54-13-12-49-11-9-25(22-49)44-34(52)26(40)4-3-10-50-30-6-2-1-5-27(30)45-36(50)41/h1-2,5-6,18-21,23,25-26H,3-4,7-17,22,40H2,(H2,41,45)(H,44,52)(H2,46,47,53)/t25-,26+/m1/s1. The molecule has 3 amide bonds. The van der Waals surface area contributed by atoms with Crippen molar-refractivity contribution >= 4 is 69.1 Å². The van der Waals surface area contributed by atoms with Crippen molar-refractivity contribution in [3.63, 3.8) is 0 Å². The smallest absolute Gasteiger partial charge is 0.323 e. The van der Waals surface area contributed by atoms with Gasteiger partial charge < -0.3 is 46.2 Å². The van der Waals surface area contributed by atoms with Crippen molar-refractivity contribution in [3.8, 4) is 5.88 Å². The zero-order valence-corrected chi connectivity index (χ0v) is 32.3. The van der Waals surface area contributed by atoms with E-state index in [9.17, 15) is 9.59 Å². The summed E-state index contributed by atoms with van der Waals surface area (Å²) >= 11 is 12.3. The molecule has 1 aliphatic carbocycles. The van der Waals surface area contributed by atoms with Gasteiger partial charge in [-0.25, -0.2) is 24.3 Å². The Morgan fingerprint density at radius 2 is 1.73 bits per heavy atom. The molecular weight excluding hydrogens is 763 g/mol. The molecule has 7 N–H and O–H groups in total. The van der Waals surface area contributed by atoms with Crippen LogP contribution in [0.1, 0.15) is 43.7 Å². The molecule has 56 heavy (non-hydrogen) atoms. The normalized spacial score (nSPS) is 16.4. The van der Waals surface area contributed by atoms with Crippen LogP contribution in [0.5, 0.6) is 5.88 Å². The van der Waals surface area contributed by atoms with Crippen molar-refractivity contribution in [1.82, 2.24) is 39.3 Å². The molecule has 0 bridgehead atoms. The Hall–Kier alpha value is -4.78. The van der Waals surface area contributed by atoms with Crippen LogP contribution >= 0.6 is 23.2 Å². The largest absolute Gasteiger partial charge is 0.474 e. The predicted molar refractivity (Wildman–Crippen MR) is 213 cm³/mol. The Bertz CT molecular complexity index is 2140. The minimum atomic E-state index is -0.587. The second-order valence-electron chi connectivity index (χ2n) is 13.9. The molecule has 0 radical (unpaired) electrons. The summed E-state index contributed by atoms with van der Waals surface area (Å²) < 4.78 is 20.9. The van der Waals surface area contributed by atoms with Crippen LogP contribution in [-0.4, -0.2) is 111 Å². The van der Waals surface area contributed by atoms with E-state index in [-0.39, 0.29) is 37.0 Å². The highest BCUT2D eigenvalue weighted by atomic mass is 35.5. The van der Waals surface area contributed by atoms with Crippen LogP contribution in [0.3, 0.4) is 0 Å². The van der Waals surface area contributed by atoms with E-state index in [1.165, 1.54) is 6.20 Å². The fourth-order valence-corrected chi connectivity index (χ4v) is 7.11. The third-order valence-corrected chi connectivity index (χ3v) is 10.1. The van der Waals surface area contributed by atoms with Gasteiger partial charge in [0.2, 0.25) is 17.7 Å². The number of ether oxygens (including phenoxy) is 3. The van der Waals surface area contributed by atoms with Crippen LogP contribution in [0.25, 0.3) is 16.7 Å². The lowest BCUT2D eigenvalue weighted by Crippen LogP contribution is -2.46. The van der Waals surface area contributed by atoms with Gasteiger partial charge >= 0.3 is 6.03 Å². The van der Waals surface area contributed by atoms with Crippen molar-refractivity contribution in [3.05, 3.63) is 64.7 Å². The molecule has 19 heteroatoms. The number of imidazole rings is 1. The van der Waals surface area contributed by atoms with Gasteiger partial charge in [0.15, 0.2) is 10.8 Å². The maximum Gasteiger partial charge on any atom is 0.323 e. The summed E-state index contributed by atoms with van der Waals surface area (Å²) in [7, 11) is 0. The second kappa shape index (κ2) is 18.4. The Labute approximate surface area is 333 Å². The van der Waals surface area contributed by atoms with Crippen molar-refractivity contribution < 1.29 is 23.8 Å². The van der Waals surface area contributed by atoms with Crippen LogP contribution < -0.4 is 32.2 Å². The van der Waals surface area contributed by atoms with Gasteiger partial charge in [0.25, 0.3) is 0 Å². The maximum absolute atomic E-state index is 13.0. The lowest BCUT2D eigenvalue weighted by atomic mass is 10.1. The summed E-state index contributed by atoms with van der Waals surface area (Å²) in [6.45, 7) is 4.84. The fraction of sp³-hybridized carbons (Fsp3) is 0.459. The zero-order chi connectivity index (χ0) is 39.0. The van der Waals surface area contributed by atoms with Crippen molar-refractivity contribution in [2.75, 3.05) is 69.0 Å². The van der Waals surface area contributed by atoms with Gasteiger partial charge in [-0.15, -0.1) is 0 Å². The Balaban J connectivity index is 0.747. The summed E-state index contributed by atoms with van der Waals surface area (Å²) in [5.41, 5.74) is 16.5. The molecule has 2 aliphatic rings. The molecule has 5 heterocycles. The first kappa shape index (κ1) is 39.5. The number of nitrogens with one attached hydrogen (secondary N) is 3. The van der Waals surface area contributed by atoms with Crippen LogP contribution in [0, 0.1) is 0 Å². The molecule has 1 aliphatic heterocycles. The zero-order valence-electron chi connectivity index (χ0n) is 30.8. The number of halogens is 2. The summed E-state index contributed by atoms with van der Waals surface area (Å²) in [6.07, 6.45) is 7.14. The number of pyridine rings is 1. The topological polar surface area (TPSA) is 214 Å². The first-order valence-electron chi connectivity index (χ1n) is 18.8. The Morgan fingerprint density at radius 3 is 2.57 bits per heavy atom. The van der Waals surface area contributed by atoms with E-state index in [4.69, 9.17) is 48.9 Å². The highest BCUT2D eigenvalue weighted by Crippen LogP contribution is 2.43. The number of aryl methyl sites for hydroxylation is 1. The van der Waals surface area contributed by atoms with Gasteiger partial charge in [-0.05, 0) is 50.3 Å². The summed E-state index contributed by atoms with van der Waals surface area (Å²) in [5.74, 6) is 0.790. The average molecular weight is 810 g/mol. The highest BCUT2D eigenvalue weighted by Gasteiger charge is 2.31. The second-order valence-corrected chi connectivity index (χ2v) is 14.7. The number of nitrogens with zero attached hydrogens (tertiary/aromatic N) is 7. The maximum atomic E-state index is 13.0. The van der Waals surface area contributed by atoms with Crippen LogP contribution in [0.15, 0.2) is 48.8 Å². The molecule has 5 aromatic rings. The molecule has 2 atom stereocenters. The van der Waals surface area contributed by atoms with E-state index in [1.807, 2.05) is 28.8 Å². The molecule has 17 nitrogen and oxygen atoms in total.